The Morgan fingerprint density at radius 2 is 1.79 bits per heavy atom. The molecule has 1 aromatic heterocycles. The minimum absolute atomic E-state index is 0.0277. The van der Waals surface area contributed by atoms with E-state index in [1.165, 1.54) is 4.90 Å². The second-order valence-corrected chi connectivity index (χ2v) is 5.39. The first kappa shape index (κ1) is 13.6. The van der Waals surface area contributed by atoms with E-state index in [4.69, 9.17) is 4.42 Å². The van der Waals surface area contributed by atoms with Gasteiger partial charge in [0.2, 0.25) is 0 Å². The normalized spacial score (nSPS) is 11.5. The highest BCUT2D eigenvalue weighted by Crippen LogP contribution is 2.30. The van der Waals surface area contributed by atoms with Crippen LogP contribution in [0.25, 0.3) is 11.0 Å². The van der Waals surface area contributed by atoms with Gasteiger partial charge in [0.05, 0.1) is 14.1 Å². The summed E-state index contributed by atoms with van der Waals surface area (Å²) in [5, 5.41) is 13.1. The fourth-order valence-electron chi connectivity index (χ4n) is 2.30. The third-order valence-corrected chi connectivity index (χ3v) is 3.55. The Balaban J connectivity index is 2.85. The fourth-order valence-corrected chi connectivity index (χ4v) is 2.30. The van der Waals surface area contributed by atoms with Gasteiger partial charge in [-0.25, -0.2) is 4.79 Å². The Bertz CT molecular complexity index is 699. The van der Waals surface area contributed by atoms with Crippen LogP contribution in [0, 0.1) is 20.8 Å². The van der Waals surface area contributed by atoms with Gasteiger partial charge in [0.15, 0.2) is 0 Å². The lowest BCUT2D eigenvalue weighted by atomic mass is 10.00. The molecule has 0 amide bonds. The quantitative estimate of drug-likeness (QED) is 0.798. The summed E-state index contributed by atoms with van der Waals surface area (Å²) < 4.78 is 5.28. The van der Waals surface area contributed by atoms with Gasteiger partial charge in [-0.1, -0.05) is 5.75 Å². The first-order chi connectivity index (χ1) is 8.82. The van der Waals surface area contributed by atoms with Crippen LogP contribution in [-0.4, -0.2) is 14.1 Å². The molecule has 0 unspecified atom stereocenters. The van der Waals surface area contributed by atoms with E-state index < -0.39 is 0 Å². The maximum atomic E-state index is 12.3. The standard InChI is InChI=1S/C15H19NO3/c1-8-9(2)15(18)19-14-10(3)13(17)11(6-12(8)14)7-16(4)5/h6,17H,7H2,1-5H3. The Morgan fingerprint density at radius 3 is 2.37 bits per heavy atom. The monoisotopic (exact) mass is 261 g/mol. The van der Waals surface area contributed by atoms with E-state index in [1.54, 1.807) is 13.8 Å². The number of quaternary nitrogens is 1. The molecule has 0 saturated heterocycles. The molecule has 0 saturated carbocycles. The summed E-state index contributed by atoms with van der Waals surface area (Å²) in [7, 11) is 4.00. The number of hydrogen-bond donors (Lipinski definition) is 1. The Hall–Kier alpha value is -1.81. The molecule has 2 rings (SSSR count). The van der Waals surface area contributed by atoms with Crippen molar-refractivity contribution in [3.05, 3.63) is 38.7 Å². The highest BCUT2D eigenvalue weighted by atomic mass is 16.4. The van der Waals surface area contributed by atoms with Crippen molar-refractivity contribution in [1.82, 2.24) is 0 Å². The van der Waals surface area contributed by atoms with Crippen LogP contribution in [0.4, 0.5) is 0 Å². The second kappa shape index (κ2) is 4.70. The smallest absolute Gasteiger partial charge is 0.339 e. The zero-order chi connectivity index (χ0) is 14.3. The van der Waals surface area contributed by atoms with E-state index in [0.29, 0.717) is 23.3 Å². The average Bonchev–Trinajstić information content (AvgIpc) is 2.34. The molecule has 0 atom stereocenters. The van der Waals surface area contributed by atoms with Gasteiger partial charge in [0, 0.05) is 10.9 Å². The van der Waals surface area contributed by atoms with Crippen molar-refractivity contribution in [3.8, 4) is 5.75 Å². The molecule has 4 heteroatoms. The molecule has 19 heavy (non-hydrogen) atoms. The SMILES string of the molecule is Cc1c(C)c2cc(C[NH+](C)C)c([O-])c(C)c2oc1=O. The van der Waals surface area contributed by atoms with E-state index in [0.717, 1.165) is 16.5 Å². The third-order valence-electron chi connectivity index (χ3n) is 3.55. The maximum Gasteiger partial charge on any atom is 0.339 e. The van der Waals surface area contributed by atoms with Crippen LogP contribution in [0.3, 0.4) is 0 Å². The predicted octanol–water partition coefficient (Wildman–Crippen LogP) is 0.436. The molecule has 1 N–H and O–H groups in total. The van der Waals surface area contributed by atoms with Crippen molar-refractivity contribution in [1.29, 1.82) is 0 Å². The zero-order valence-electron chi connectivity index (χ0n) is 12.0. The van der Waals surface area contributed by atoms with Crippen LogP contribution >= 0.6 is 0 Å². The number of aryl methyl sites for hydroxylation is 2. The van der Waals surface area contributed by atoms with Crippen LogP contribution in [-0.2, 0) is 6.54 Å². The Labute approximate surface area is 112 Å². The van der Waals surface area contributed by atoms with Crippen molar-refractivity contribution in [3.63, 3.8) is 0 Å². The summed E-state index contributed by atoms with van der Waals surface area (Å²) in [4.78, 5) is 12.9. The van der Waals surface area contributed by atoms with Gasteiger partial charge in [-0.2, -0.15) is 0 Å². The predicted molar refractivity (Wildman–Crippen MR) is 72.7 cm³/mol. The lowest BCUT2D eigenvalue weighted by Crippen LogP contribution is -3.04. The van der Waals surface area contributed by atoms with Gasteiger partial charge in [-0.15, -0.1) is 0 Å². The maximum absolute atomic E-state index is 12.3. The highest BCUT2D eigenvalue weighted by Gasteiger charge is 2.13. The first-order valence-corrected chi connectivity index (χ1v) is 6.35. The molecule has 0 aliphatic rings. The molecular formula is C15H19NO3. The molecule has 0 aliphatic carbocycles. The number of hydrogen-bond acceptors (Lipinski definition) is 3. The lowest BCUT2D eigenvalue weighted by Gasteiger charge is -2.20. The number of benzene rings is 1. The summed E-state index contributed by atoms with van der Waals surface area (Å²) >= 11 is 0. The van der Waals surface area contributed by atoms with Crippen LogP contribution in [0.1, 0.15) is 22.3 Å². The van der Waals surface area contributed by atoms with E-state index in [9.17, 15) is 9.90 Å². The second-order valence-electron chi connectivity index (χ2n) is 5.39. The molecule has 2 aromatic rings. The fraction of sp³-hybridized carbons (Fsp3) is 0.400. The van der Waals surface area contributed by atoms with E-state index in [-0.39, 0.29) is 11.4 Å². The highest BCUT2D eigenvalue weighted by molar-refractivity contribution is 5.86. The van der Waals surface area contributed by atoms with Gasteiger partial charge in [-0.05, 0) is 43.5 Å². The molecule has 0 aliphatic heterocycles. The van der Waals surface area contributed by atoms with Crippen molar-refractivity contribution in [2.45, 2.75) is 27.3 Å². The topological polar surface area (TPSA) is 57.7 Å². The molecule has 0 radical (unpaired) electrons. The summed E-state index contributed by atoms with van der Waals surface area (Å²) in [5.41, 5.74) is 2.85. The molecule has 0 spiro atoms. The van der Waals surface area contributed by atoms with Crippen LogP contribution in [0.2, 0.25) is 0 Å². The van der Waals surface area contributed by atoms with Crippen LogP contribution in [0.15, 0.2) is 15.3 Å². The van der Waals surface area contributed by atoms with Gasteiger partial charge in [0.1, 0.15) is 12.1 Å². The largest absolute Gasteiger partial charge is 0.872 e. The summed E-state index contributed by atoms with van der Waals surface area (Å²) in [6.07, 6.45) is 0. The molecule has 1 heterocycles. The van der Waals surface area contributed by atoms with E-state index in [2.05, 4.69) is 0 Å². The van der Waals surface area contributed by atoms with Crippen LogP contribution in [0.5, 0.6) is 5.75 Å². The third kappa shape index (κ3) is 2.24. The summed E-state index contributed by atoms with van der Waals surface area (Å²) in [6.45, 7) is 6.02. The van der Waals surface area contributed by atoms with Crippen molar-refractivity contribution < 1.29 is 14.4 Å². The minimum Gasteiger partial charge on any atom is -0.872 e. The van der Waals surface area contributed by atoms with Gasteiger partial charge >= 0.3 is 5.63 Å². The number of fused-ring (bicyclic) bond motifs is 1. The Morgan fingerprint density at radius 1 is 1.16 bits per heavy atom. The number of nitrogens with one attached hydrogen (secondary N) is 1. The van der Waals surface area contributed by atoms with Gasteiger partial charge in [0.25, 0.3) is 0 Å². The molecule has 0 fully saturated rings. The van der Waals surface area contributed by atoms with Crippen LogP contribution < -0.4 is 15.6 Å². The van der Waals surface area contributed by atoms with Crippen molar-refractivity contribution in [2.75, 3.05) is 14.1 Å². The molecular weight excluding hydrogens is 242 g/mol. The molecule has 0 bridgehead atoms. The number of rotatable bonds is 2. The average molecular weight is 261 g/mol. The lowest BCUT2D eigenvalue weighted by molar-refractivity contribution is -0.872. The summed E-state index contributed by atoms with van der Waals surface area (Å²) in [6, 6.07) is 1.86. The molecule has 102 valence electrons. The van der Waals surface area contributed by atoms with Gasteiger partial charge in [-0.3, -0.25) is 0 Å². The molecule has 1 aromatic carbocycles. The van der Waals surface area contributed by atoms with E-state index >= 15 is 0 Å². The van der Waals surface area contributed by atoms with Gasteiger partial charge < -0.3 is 14.4 Å². The molecule has 4 nitrogen and oxygen atoms in total. The van der Waals surface area contributed by atoms with E-state index in [1.807, 2.05) is 27.1 Å². The van der Waals surface area contributed by atoms with Crippen molar-refractivity contribution >= 4 is 11.0 Å². The Kier molecular flexibility index (Phi) is 3.37. The zero-order valence-corrected chi connectivity index (χ0v) is 12.0. The van der Waals surface area contributed by atoms with Crippen molar-refractivity contribution in [2.24, 2.45) is 0 Å². The first-order valence-electron chi connectivity index (χ1n) is 6.35. The minimum atomic E-state index is -0.363. The summed E-state index contributed by atoms with van der Waals surface area (Å²) in [5.74, 6) is -0.0277.